The van der Waals surface area contributed by atoms with Crippen LogP contribution in [0.15, 0.2) is 35.8 Å². The number of nitrogens with zero attached hydrogens (tertiary/aromatic N) is 6. The highest BCUT2D eigenvalue weighted by atomic mass is 32.1. The molecule has 0 aliphatic heterocycles. The smallest absolute Gasteiger partial charge is 0.116 e. The van der Waals surface area contributed by atoms with Gasteiger partial charge in [-0.1, -0.05) is 0 Å². The molecule has 0 amide bonds. The number of hydrogen-bond donors (Lipinski definition) is 0. The Hall–Kier alpha value is -2.84. The Labute approximate surface area is 141 Å². The van der Waals surface area contributed by atoms with E-state index >= 15 is 0 Å². The van der Waals surface area contributed by atoms with E-state index in [1.807, 2.05) is 11.0 Å². The molecule has 4 heterocycles. The fourth-order valence-corrected chi connectivity index (χ4v) is 4.93. The van der Waals surface area contributed by atoms with Gasteiger partial charge in [-0.05, 0) is 0 Å². The standard InChI is InChI=1S/C16H6N6S2/c1-3-19-11-9(17-1)7-8(16-13(11)21-5-24-16)10-12(20-4-2-18-10)14-15(7)23-6-22-14/h1-6H. The van der Waals surface area contributed by atoms with Crippen LogP contribution in [-0.2, 0) is 0 Å². The van der Waals surface area contributed by atoms with Gasteiger partial charge in [0.05, 0.1) is 20.4 Å². The molecule has 2 aromatic carbocycles. The molecule has 0 aliphatic rings. The fraction of sp³-hybridized carbons (Fsp3) is 0. The molecule has 0 N–H and O–H groups in total. The quantitative estimate of drug-likeness (QED) is 0.388. The van der Waals surface area contributed by atoms with E-state index < -0.39 is 0 Å². The second-order valence-corrected chi connectivity index (χ2v) is 7.03. The van der Waals surface area contributed by atoms with Gasteiger partial charge in [-0.25, -0.2) is 9.97 Å². The second-order valence-electron chi connectivity index (χ2n) is 5.32. The van der Waals surface area contributed by atoms with Crippen molar-refractivity contribution in [3.8, 4) is 0 Å². The zero-order valence-corrected chi connectivity index (χ0v) is 13.6. The summed E-state index contributed by atoms with van der Waals surface area (Å²) in [6, 6.07) is 0. The largest absolute Gasteiger partial charge is 0.252 e. The summed E-state index contributed by atoms with van der Waals surface area (Å²) in [7, 11) is 0. The molecule has 24 heavy (non-hydrogen) atoms. The van der Waals surface area contributed by atoms with E-state index in [1.54, 1.807) is 47.5 Å². The summed E-state index contributed by atoms with van der Waals surface area (Å²) < 4.78 is 2.14. The van der Waals surface area contributed by atoms with Crippen LogP contribution < -0.4 is 0 Å². The summed E-state index contributed by atoms with van der Waals surface area (Å²) >= 11 is 3.19. The molecular weight excluding hydrogens is 340 g/mol. The van der Waals surface area contributed by atoms with E-state index in [1.165, 1.54) is 0 Å². The second kappa shape index (κ2) is 4.37. The maximum Gasteiger partial charge on any atom is 0.116 e. The highest BCUT2D eigenvalue weighted by Crippen LogP contribution is 2.43. The van der Waals surface area contributed by atoms with Crippen LogP contribution in [0.1, 0.15) is 0 Å². The maximum absolute atomic E-state index is 4.61. The first-order chi connectivity index (χ1) is 11.9. The van der Waals surface area contributed by atoms with Gasteiger partial charge in [-0.2, -0.15) is 0 Å². The first-order valence-corrected chi connectivity index (χ1v) is 8.95. The topological polar surface area (TPSA) is 77.3 Å². The van der Waals surface area contributed by atoms with Gasteiger partial charge in [0.25, 0.3) is 0 Å². The predicted molar refractivity (Wildman–Crippen MR) is 96.5 cm³/mol. The summed E-state index contributed by atoms with van der Waals surface area (Å²) in [5.41, 5.74) is 8.74. The van der Waals surface area contributed by atoms with Crippen LogP contribution in [0.25, 0.3) is 53.3 Å². The molecule has 0 atom stereocenters. The van der Waals surface area contributed by atoms with Gasteiger partial charge in [0.2, 0.25) is 0 Å². The Balaban J connectivity index is 2.15. The van der Waals surface area contributed by atoms with Crippen molar-refractivity contribution >= 4 is 75.9 Å². The zero-order valence-electron chi connectivity index (χ0n) is 12.0. The molecule has 4 aromatic heterocycles. The predicted octanol–water partition coefficient (Wildman–Crippen LogP) is 3.95. The minimum atomic E-state index is 0.819. The fourth-order valence-electron chi connectivity index (χ4n) is 3.25. The average Bonchev–Trinajstić information content (AvgIpc) is 3.31. The number of aromatic nitrogens is 6. The molecule has 0 saturated carbocycles. The summed E-state index contributed by atoms with van der Waals surface area (Å²) in [6.45, 7) is 0. The summed E-state index contributed by atoms with van der Waals surface area (Å²) in [6.07, 6.45) is 6.84. The van der Waals surface area contributed by atoms with Crippen LogP contribution in [0.3, 0.4) is 0 Å². The summed E-state index contributed by atoms with van der Waals surface area (Å²) in [5.74, 6) is 0. The third kappa shape index (κ3) is 1.40. The van der Waals surface area contributed by atoms with Crippen LogP contribution >= 0.6 is 22.7 Å². The lowest BCUT2D eigenvalue weighted by atomic mass is 10.0. The first-order valence-electron chi connectivity index (χ1n) is 7.19. The van der Waals surface area contributed by atoms with Gasteiger partial charge >= 0.3 is 0 Å². The van der Waals surface area contributed by atoms with Gasteiger partial charge in [0.1, 0.15) is 33.1 Å². The number of rotatable bonds is 0. The molecular formula is C16H6N6S2. The molecule has 0 saturated heterocycles. The van der Waals surface area contributed by atoms with Crippen LogP contribution in [0.5, 0.6) is 0 Å². The highest BCUT2D eigenvalue weighted by Gasteiger charge is 2.20. The Morgan fingerprint density at radius 2 is 0.875 bits per heavy atom. The van der Waals surface area contributed by atoms with Crippen molar-refractivity contribution in [1.82, 2.24) is 29.9 Å². The van der Waals surface area contributed by atoms with Crippen molar-refractivity contribution in [2.24, 2.45) is 0 Å². The lowest BCUT2D eigenvalue weighted by Crippen LogP contribution is -1.91. The van der Waals surface area contributed by atoms with Crippen molar-refractivity contribution in [3.05, 3.63) is 35.8 Å². The van der Waals surface area contributed by atoms with Crippen molar-refractivity contribution < 1.29 is 0 Å². The molecule has 0 radical (unpaired) electrons. The highest BCUT2D eigenvalue weighted by molar-refractivity contribution is 7.19. The molecule has 6 nitrogen and oxygen atoms in total. The Morgan fingerprint density at radius 3 is 1.33 bits per heavy atom. The molecule has 0 spiro atoms. The van der Waals surface area contributed by atoms with Crippen molar-refractivity contribution in [2.45, 2.75) is 0 Å². The first kappa shape index (κ1) is 12.6. The number of fused-ring (bicyclic) bond motifs is 11. The molecule has 112 valence electrons. The SMILES string of the molecule is c1cnc2c(n1)c1ncsc1c1c3nccnc3c3ncsc3c21. The Kier molecular flexibility index (Phi) is 2.29. The zero-order chi connectivity index (χ0) is 15.7. The van der Waals surface area contributed by atoms with Gasteiger partial charge in [-0.3, -0.25) is 19.9 Å². The van der Waals surface area contributed by atoms with E-state index in [2.05, 4.69) is 29.9 Å². The lowest BCUT2D eigenvalue weighted by molar-refractivity contribution is 1.30. The summed E-state index contributed by atoms with van der Waals surface area (Å²) in [4.78, 5) is 27.3. The van der Waals surface area contributed by atoms with E-state index in [0.717, 1.165) is 53.3 Å². The third-order valence-corrected chi connectivity index (χ3v) is 5.85. The number of hydrogen-bond acceptors (Lipinski definition) is 8. The van der Waals surface area contributed by atoms with Crippen LogP contribution in [0, 0.1) is 0 Å². The number of benzene rings is 2. The third-order valence-electron chi connectivity index (χ3n) is 4.16. The summed E-state index contributed by atoms with van der Waals surface area (Å²) in [5, 5.41) is 2.08. The Morgan fingerprint density at radius 1 is 0.458 bits per heavy atom. The van der Waals surface area contributed by atoms with Crippen LogP contribution in [-0.4, -0.2) is 29.9 Å². The lowest BCUT2D eigenvalue weighted by Gasteiger charge is -2.08. The molecule has 6 aromatic rings. The van der Waals surface area contributed by atoms with Crippen molar-refractivity contribution in [2.75, 3.05) is 0 Å². The van der Waals surface area contributed by atoms with Gasteiger partial charge in [-0.15, -0.1) is 22.7 Å². The van der Waals surface area contributed by atoms with E-state index in [-0.39, 0.29) is 0 Å². The minimum Gasteiger partial charge on any atom is -0.252 e. The monoisotopic (exact) mass is 346 g/mol. The van der Waals surface area contributed by atoms with Crippen molar-refractivity contribution in [3.63, 3.8) is 0 Å². The van der Waals surface area contributed by atoms with Crippen molar-refractivity contribution in [1.29, 1.82) is 0 Å². The average molecular weight is 346 g/mol. The van der Waals surface area contributed by atoms with E-state index in [0.29, 0.717) is 0 Å². The Bertz CT molecular complexity index is 1310. The normalized spacial score (nSPS) is 12.2. The molecule has 0 unspecified atom stereocenters. The van der Waals surface area contributed by atoms with Gasteiger partial charge < -0.3 is 0 Å². The van der Waals surface area contributed by atoms with E-state index in [9.17, 15) is 0 Å². The molecule has 0 fully saturated rings. The van der Waals surface area contributed by atoms with Gasteiger partial charge in [0, 0.05) is 35.6 Å². The number of thiazole rings is 2. The molecule has 0 aliphatic carbocycles. The minimum absolute atomic E-state index is 0.819. The molecule has 8 heteroatoms. The molecule has 6 rings (SSSR count). The maximum atomic E-state index is 4.61. The molecule has 0 bridgehead atoms. The van der Waals surface area contributed by atoms with E-state index in [4.69, 9.17) is 0 Å². The van der Waals surface area contributed by atoms with Crippen LogP contribution in [0.2, 0.25) is 0 Å². The van der Waals surface area contributed by atoms with Crippen LogP contribution in [0.4, 0.5) is 0 Å². The van der Waals surface area contributed by atoms with Gasteiger partial charge in [0.15, 0.2) is 0 Å².